The zero-order chi connectivity index (χ0) is 15.1. The van der Waals surface area contributed by atoms with Gasteiger partial charge < -0.3 is 24.3 Å². The van der Waals surface area contributed by atoms with Crippen LogP contribution < -0.4 is 10.9 Å². The molecule has 2 N–H and O–H groups in total. The molecule has 0 radical (unpaired) electrons. The maximum Gasteiger partial charge on any atom is 0.341 e. The third-order valence-electron chi connectivity index (χ3n) is 4.25. The van der Waals surface area contributed by atoms with Crippen LogP contribution in [0.3, 0.4) is 0 Å². The van der Waals surface area contributed by atoms with E-state index < -0.39 is 0 Å². The average molecular weight is 303 g/mol. The first kappa shape index (κ1) is 13.8. The molecule has 1 saturated heterocycles. The van der Waals surface area contributed by atoms with Crippen molar-refractivity contribution in [3.8, 4) is 5.75 Å². The van der Waals surface area contributed by atoms with Crippen LogP contribution in [-0.2, 0) is 16.0 Å². The third kappa shape index (κ3) is 2.20. The van der Waals surface area contributed by atoms with Gasteiger partial charge in [0.05, 0.1) is 18.8 Å². The predicted molar refractivity (Wildman–Crippen MR) is 78.9 cm³/mol. The van der Waals surface area contributed by atoms with Crippen LogP contribution in [0.15, 0.2) is 27.4 Å². The molecule has 2 aromatic rings. The van der Waals surface area contributed by atoms with Crippen molar-refractivity contribution in [2.24, 2.45) is 0 Å². The van der Waals surface area contributed by atoms with Gasteiger partial charge in [0.15, 0.2) is 6.29 Å². The minimum atomic E-state index is -0.374. The van der Waals surface area contributed by atoms with Crippen molar-refractivity contribution >= 4 is 11.0 Å². The molecule has 22 heavy (non-hydrogen) atoms. The highest BCUT2D eigenvalue weighted by molar-refractivity contribution is 5.83. The van der Waals surface area contributed by atoms with Crippen LogP contribution in [0, 0.1) is 0 Å². The summed E-state index contributed by atoms with van der Waals surface area (Å²) in [6.45, 7) is 2.47. The standard InChI is InChI=1S/C16H17NO5/c18-9-2-3-10-13(6-9)22-15(19)11-7-17-8-12(14(10)11)16-20-4-1-5-21-16/h2-3,6,12,16-18H,1,4-5,7-8H2. The summed E-state index contributed by atoms with van der Waals surface area (Å²) in [7, 11) is 0. The van der Waals surface area contributed by atoms with Gasteiger partial charge in [0, 0.05) is 30.5 Å². The Balaban J connectivity index is 1.91. The molecule has 3 heterocycles. The maximum atomic E-state index is 12.2. The second-order valence-corrected chi connectivity index (χ2v) is 5.66. The molecule has 116 valence electrons. The van der Waals surface area contributed by atoms with E-state index in [1.54, 1.807) is 12.1 Å². The number of rotatable bonds is 1. The highest BCUT2D eigenvalue weighted by Crippen LogP contribution is 2.35. The largest absolute Gasteiger partial charge is 0.508 e. The summed E-state index contributed by atoms with van der Waals surface area (Å²) >= 11 is 0. The zero-order valence-corrected chi connectivity index (χ0v) is 12.0. The number of ether oxygens (including phenoxy) is 2. The van der Waals surface area contributed by atoms with E-state index in [0.717, 1.165) is 17.4 Å². The molecule has 4 rings (SSSR count). The average Bonchev–Trinajstić information content (AvgIpc) is 2.55. The van der Waals surface area contributed by atoms with Crippen molar-refractivity contribution in [3.63, 3.8) is 0 Å². The molecule has 0 saturated carbocycles. The minimum Gasteiger partial charge on any atom is -0.508 e. The SMILES string of the molecule is O=c1oc2cc(O)ccc2c2c1CNCC2C1OCCCO1. The van der Waals surface area contributed by atoms with Crippen LogP contribution in [0.1, 0.15) is 23.5 Å². The van der Waals surface area contributed by atoms with Crippen LogP contribution in [-0.4, -0.2) is 31.2 Å². The molecular formula is C16H17NO5. The lowest BCUT2D eigenvalue weighted by Crippen LogP contribution is -2.41. The van der Waals surface area contributed by atoms with E-state index in [0.29, 0.717) is 37.4 Å². The molecule has 2 aliphatic rings. The lowest BCUT2D eigenvalue weighted by atomic mass is 9.88. The number of hydrogen-bond donors (Lipinski definition) is 2. The van der Waals surface area contributed by atoms with Gasteiger partial charge in [-0.15, -0.1) is 0 Å². The van der Waals surface area contributed by atoms with Crippen molar-refractivity contribution in [2.45, 2.75) is 25.2 Å². The number of benzene rings is 1. The summed E-state index contributed by atoms with van der Waals surface area (Å²) < 4.78 is 16.8. The first-order chi connectivity index (χ1) is 10.7. The van der Waals surface area contributed by atoms with E-state index in [9.17, 15) is 9.90 Å². The van der Waals surface area contributed by atoms with Gasteiger partial charge in [-0.3, -0.25) is 0 Å². The number of nitrogens with one attached hydrogen (secondary N) is 1. The zero-order valence-electron chi connectivity index (χ0n) is 12.0. The third-order valence-corrected chi connectivity index (χ3v) is 4.25. The van der Waals surface area contributed by atoms with Crippen LogP contribution in [0.2, 0.25) is 0 Å². The molecule has 0 bridgehead atoms. The molecule has 6 nitrogen and oxygen atoms in total. The first-order valence-electron chi connectivity index (χ1n) is 7.46. The summed E-state index contributed by atoms with van der Waals surface area (Å²) in [4.78, 5) is 12.2. The number of fused-ring (bicyclic) bond motifs is 3. The topological polar surface area (TPSA) is 80.9 Å². The van der Waals surface area contributed by atoms with E-state index >= 15 is 0 Å². The van der Waals surface area contributed by atoms with Gasteiger partial charge in [-0.2, -0.15) is 0 Å². The van der Waals surface area contributed by atoms with Crippen molar-refractivity contribution in [3.05, 3.63) is 39.7 Å². The minimum absolute atomic E-state index is 0.0693. The van der Waals surface area contributed by atoms with Crippen molar-refractivity contribution < 1.29 is 19.0 Å². The summed E-state index contributed by atoms with van der Waals surface area (Å²) in [5.41, 5.74) is 1.55. The second-order valence-electron chi connectivity index (χ2n) is 5.66. The maximum absolute atomic E-state index is 12.2. The van der Waals surface area contributed by atoms with E-state index in [2.05, 4.69) is 5.32 Å². The highest BCUT2D eigenvalue weighted by atomic mass is 16.7. The number of hydrogen-bond acceptors (Lipinski definition) is 6. The molecule has 0 aliphatic carbocycles. The van der Waals surface area contributed by atoms with Gasteiger partial charge >= 0.3 is 5.63 Å². The summed E-state index contributed by atoms with van der Waals surface area (Å²) in [6.07, 6.45) is 0.522. The Labute approximate surface area is 126 Å². The van der Waals surface area contributed by atoms with Gasteiger partial charge in [-0.05, 0) is 24.1 Å². The summed E-state index contributed by atoms with van der Waals surface area (Å²) in [5, 5.41) is 13.7. The Bertz CT molecular complexity index is 763. The first-order valence-corrected chi connectivity index (χ1v) is 7.46. The molecule has 6 heteroatoms. The molecule has 2 aliphatic heterocycles. The normalized spacial score (nSPS) is 22.6. The molecule has 1 fully saturated rings. The fourth-order valence-electron chi connectivity index (χ4n) is 3.27. The highest BCUT2D eigenvalue weighted by Gasteiger charge is 2.34. The van der Waals surface area contributed by atoms with Gasteiger partial charge in [0.2, 0.25) is 0 Å². The van der Waals surface area contributed by atoms with E-state index in [1.807, 2.05) is 0 Å². The molecule has 1 aromatic heterocycles. The van der Waals surface area contributed by atoms with Crippen LogP contribution in [0.25, 0.3) is 11.0 Å². The Hall–Kier alpha value is -1.89. The molecule has 1 atom stereocenters. The number of phenols is 1. The summed E-state index contributed by atoms with van der Waals surface area (Å²) in [6, 6.07) is 4.86. The Morgan fingerprint density at radius 3 is 2.86 bits per heavy atom. The Kier molecular flexibility index (Phi) is 3.37. The van der Waals surface area contributed by atoms with E-state index in [-0.39, 0.29) is 23.6 Å². The smallest absolute Gasteiger partial charge is 0.341 e. The number of aromatic hydroxyl groups is 1. The second kappa shape index (κ2) is 5.39. The van der Waals surface area contributed by atoms with Crippen LogP contribution >= 0.6 is 0 Å². The van der Waals surface area contributed by atoms with E-state index in [1.165, 1.54) is 6.07 Å². The lowest BCUT2D eigenvalue weighted by Gasteiger charge is -2.34. The fourth-order valence-corrected chi connectivity index (χ4v) is 3.27. The van der Waals surface area contributed by atoms with Gasteiger partial charge in [0.1, 0.15) is 11.3 Å². The van der Waals surface area contributed by atoms with Gasteiger partial charge in [-0.1, -0.05) is 0 Å². The summed E-state index contributed by atoms with van der Waals surface area (Å²) in [5.74, 6) is 0.00597. The van der Waals surface area contributed by atoms with Crippen LogP contribution in [0.5, 0.6) is 5.75 Å². The molecule has 1 unspecified atom stereocenters. The predicted octanol–water partition coefficient (Wildman–Crippen LogP) is 1.45. The fraction of sp³-hybridized carbons (Fsp3) is 0.438. The van der Waals surface area contributed by atoms with Crippen LogP contribution in [0.4, 0.5) is 0 Å². The molecule has 0 spiro atoms. The van der Waals surface area contributed by atoms with Gasteiger partial charge in [-0.25, -0.2) is 4.79 Å². The lowest BCUT2D eigenvalue weighted by molar-refractivity contribution is -0.190. The Morgan fingerprint density at radius 1 is 1.23 bits per heavy atom. The van der Waals surface area contributed by atoms with E-state index in [4.69, 9.17) is 13.9 Å². The number of phenolic OH excluding ortho intramolecular Hbond substituents is 1. The quantitative estimate of drug-likeness (QED) is 0.776. The molecule has 0 amide bonds. The van der Waals surface area contributed by atoms with Crippen molar-refractivity contribution in [1.82, 2.24) is 5.32 Å². The molecular weight excluding hydrogens is 286 g/mol. The Morgan fingerprint density at radius 2 is 2.05 bits per heavy atom. The monoisotopic (exact) mass is 303 g/mol. The van der Waals surface area contributed by atoms with Crippen molar-refractivity contribution in [1.29, 1.82) is 0 Å². The van der Waals surface area contributed by atoms with Crippen molar-refractivity contribution in [2.75, 3.05) is 19.8 Å². The molecule has 1 aromatic carbocycles. The van der Waals surface area contributed by atoms with Gasteiger partial charge in [0.25, 0.3) is 0 Å².